The van der Waals surface area contributed by atoms with Gasteiger partial charge in [0.2, 0.25) is 0 Å². The van der Waals surface area contributed by atoms with Gasteiger partial charge in [0.1, 0.15) is 0 Å². The minimum Gasteiger partial charge on any atom is -0.790 e. The maximum atomic E-state index is 8.88. The minimum absolute atomic E-state index is 0. The van der Waals surface area contributed by atoms with E-state index in [1.165, 1.54) is 0 Å². The molecule has 0 rings (SSSR count). The van der Waals surface area contributed by atoms with Gasteiger partial charge in [0.25, 0.3) is 0 Å². The van der Waals surface area contributed by atoms with Crippen molar-refractivity contribution in [3.63, 3.8) is 0 Å². The zero-order valence-corrected chi connectivity index (χ0v) is 8.23. The standard InChI is InChI=1S/Mg.2H3O4P.H4Si/c;2*1-5(2,3)4;/h;2*(H3,1,2,3,4);1H4/q+2;;;/p-2. The Bertz CT molecular complexity index is 129. The summed E-state index contributed by atoms with van der Waals surface area (Å²) < 4.78 is 17.5. The fourth-order valence-electron chi connectivity index (χ4n) is 0. The van der Waals surface area contributed by atoms with Crippen LogP contribution in [-0.4, -0.2) is 53.6 Å². The van der Waals surface area contributed by atoms with Gasteiger partial charge in [-0.1, -0.05) is 0 Å². The first kappa shape index (κ1) is 23.2. The normalized spacial score (nSPS) is 9.83. The Morgan fingerprint density at radius 1 is 0.917 bits per heavy atom. The summed E-state index contributed by atoms with van der Waals surface area (Å²) in [5, 5.41) is 0. The summed E-state index contributed by atoms with van der Waals surface area (Å²) in [4.78, 5) is 45.8. The van der Waals surface area contributed by atoms with Crippen molar-refractivity contribution in [2.75, 3.05) is 0 Å². The molecule has 0 aromatic heterocycles. The Kier molecular flexibility index (Phi) is 17.0. The van der Waals surface area contributed by atoms with Crippen molar-refractivity contribution >= 4 is 49.7 Å². The molecule has 0 spiro atoms. The van der Waals surface area contributed by atoms with E-state index in [-0.39, 0.29) is 34.0 Å². The predicted octanol–water partition coefficient (Wildman–Crippen LogP) is -4.95. The smallest absolute Gasteiger partial charge is 0.790 e. The summed E-state index contributed by atoms with van der Waals surface area (Å²) in [5.41, 5.74) is 0. The Labute approximate surface area is 88.3 Å². The molecule has 0 aromatic rings. The van der Waals surface area contributed by atoms with E-state index in [9.17, 15) is 0 Å². The molecule has 0 saturated heterocycles. The first-order valence-corrected chi connectivity index (χ1v) is 4.59. The van der Waals surface area contributed by atoms with E-state index in [1.54, 1.807) is 0 Å². The summed E-state index contributed by atoms with van der Waals surface area (Å²) in [5.74, 6) is 0. The van der Waals surface area contributed by atoms with Crippen LogP contribution in [0.1, 0.15) is 0 Å². The van der Waals surface area contributed by atoms with Crippen LogP contribution < -0.4 is 9.79 Å². The summed E-state index contributed by atoms with van der Waals surface area (Å²) in [6.07, 6.45) is 0. The zero-order chi connectivity index (χ0) is 9.00. The third-order valence-electron chi connectivity index (χ3n) is 0. The van der Waals surface area contributed by atoms with Gasteiger partial charge in [0.05, 0.1) is 7.82 Å². The van der Waals surface area contributed by atoms with Crippen molar-refractivity contribution in [2.45, 2.75) is 0 Å². The molecule has 72 valence electrons. The molecule has 0 aliphatic heterocycles. The molecule has 0 aromatic carbocycles. The Morgan fingerprint density at radius 3 is 0.917 bits per heavy atom. The average Bonchev–Trinajstić information content (AvgIpc) is 1.12. The van der Waals surface area contributed by atoms with Crippen molar-refractivity contribution in [1.29, 1.82) is 0 Å². The van der Waals surface area contributed by atoms with E-state index in [1.807, 2.05) is 0 Å². The molecule has 0 unspecified atom stereocenters. The summed E-state index contributed by atoms with van der Waals surface area (Å²) in [7, 11) is -9.78. The van der Waals surface area contributed by atoms with Crippen LogP contribution in [0.15, 0.2) is 0 Å². The number of hydrogen-bond donors (Lipinski definition) is 4. The Morgan fingerprint density at radius 2 is 0.917 bits per heavy atom. The second kappa shape index (κ2) is 8.79. The monoisotopic (exact) mass is 250 g/mol. The van der Waals surface area contributed by atoms with E-state index in [2.05, 4.69) is 0 Å². The van der Waals surface area contributed by atoms with Crippen molar-refractivity contribution in [2.24, 2.45) is 0 Å². The molecular formula is H8MgO8P2Si. The van der Waals surface area contributed by atoms with Crippen LogP contribution in [0.2, 0.25) is 0 Å². The van der Waals surface area contributed by atoms with E-state index >= 15 is 0 Å². The van der Waals surface area contributed by atoms with Gasteiger partial charge in [0, 0.05) is 0 Å². The third kappa shape index (κ3) is 806. The van der Waals surface area contributed by atoms with Gasteiger partial charge in [0.15, 0.2) is 0 Å². The van der Waals surface area contributed by atoms with E-state index in [0.717, 1.165) is 0 Å². The molecule has 0 saturated carbocycles. The molecule has 0 bridgehead atoms. The largest absolute Gasteiger partial charge is 2.00 e. The van der Waals surface area contributed by atoms with Gasteiger partial charge < -0.3 is 33.9 Å². The summed E-state index contributed by atoms with van der Waals surface area (Å²) >= 11 is 0. The van der Waals surface area contributed by atoms with Crippen LogP contribution in [0.4, 0.5) is 0 Å². The Balaban J connectivity index is -0.0000000457. The van der Waals surface area contributed by atoms with Gasteiger partial charge in [-0.25, -0.2) is 4.57 Å². The molecule has 0 heterocycles. The van der Waals surface area contributed by atoms with E-state index < -0.39 is 15.6 Å². The molecule has 12 heavy (non-hydrogen) atoms. The van der Waals surface area contributed by atoms with E-state index in [4.69, 9.17) is 38.5 Å². The van der Waals surface area contributed by atoms with Crippen molar-refractivity contribution < 1.29 is 38.5 Å². The van der Waals surface area contributed by atoms with Crippen LogP contribution in [0.5, 0.6) is 0 Å². The molecule has 8 nitrogen and oxygen atoms in total. The SMILES string of the molecule is O=P(O)(O)O.O=P([O-])([O-])O.[Mg+2].[SiH4]. The number of phosphoric acid groups is 2. The van der Waals surface area contributed by atoms with Crippen molar-refractivity contribution in [3.05, 3.63) is 0 Å². The molecule has 0 radical (unpaired) electrons. The van der Waals surface area contributed by atoms with Crippen molar-refractivity contribution in [3.8, 4) is 0 Å². The van der Waals surface area contributed by atoms with Gasteiger partial charge in [-0.2, -0.15) is 0 Å². The third-order valence-corrected chi connectivity index (χ3v) is 0. The Hall–Kier alpha value is 1.20. The molecule has 0 aliphatic rings. The molecule has 4 N–H and O–H groups in total. The maximum Gasteiger partial charge on any atom is 2.00 e. The van der Waals surface area contributed by atoms with Crippen LogP contribution in [0.25, 0.3) is 0 Å². The van der Waals surface area contributed by atoms with Gasteiger partial charge in [-0.3, -0.25) is 0 Å². The second-order valence-electron chi connectivity index (χ2n) is 0.982. The summed E-state index contributed by atoms with van der Waals surface area (Å²) in [6, 6.07) is 0. The van der Waals surface area contributed by atoms with Gasteiger partial charge >= 0.3 is 30.9 Å². The summed E-state index contributed by atoms with van der Waals surface area (Å²) in [6.45, 7) is 0. The van der Waals surface area contributed by atoms with Crippen LogP contribution >= 0.6 is 15.6 Å². The molecule has 0 aliphatic carbocycles. The quantitative estimate of drug-likeness (QED) is 0.245. The van der Waals surface area contributed by atoms with Gasteiger partial charge in [-0.15, -0.1) is 0 Å². The van der Waals surface area contributed by atoms with Crippen molar-refractivity contribution in [1.82, 2.24) is 0 Å². The van der Waals surface area contributed by atoms with Gasteiger partial charge in [-0.05, 0) is 11.0 Å². The number of rotatable bonds is 0. The first-order chi connectivity index (χ1) is 4.00. The second-order valence-corrected chi connectivity index (χ2v) is 2.95. The average molecular weight is 250 g/mol. The van der Waals surface area contributed by atoms with Crippen LogP contribution in [0.3, 0.4) is 0 Å². The minimum atomic E-state index is -5.14. The molecule has 0 amide bonds. The molecule has 12 heteroatoms. The topological polar surface area (TPSA) is 161 Å². The number of hydrogen-bond acceptors (Lipinski definition) is 4. The maximum absolute atomic E-state index is 8.88. The van der Waals surface area contributed by atoms with Crippen LogP contribution in [-0.2, 0) is 9.13 Å². The first-order valence-electron chi connectivity index (χ1n) is 1.53. The van der Waals surface area contributed by atoms with E-state index in [0.29, 0.717) is 0 Å². The zero-order valence-electron chi connectivity index (χ0n) is 5.02. The van der Waals surface area contributed by atoms with Crippen LogP contribution in [0, 0.1) is 0 Å². The fourth-order valence-corrected chi connectivity index (χ4v) is 0. The molecule has 0 fully saturated rings. The molecule has 0 atom stereocenters. The fraction of sp³-hybridized carbons (Fsp3) is 0. The molecular weight excluding hydrogens is 242 g/mol. The predicted molar refractivity (Wildman–Crippen MR) is 41.2 cm³/mol.